The average Bonchev–Trinajstić information content (AvgIpc) is 3.67. The van der Waals surface area contributed by atoms with Crippen LogP contribution in [0.3, 0.4) is 0 Å². The third-order valence-corrected chi connectivity index (χ3v) is 8.13. The lowest BCUT2D eigenvalue weighted by Gasteiger charge is -2.51. The van der Waals surface area contributed by atoms with E-state index in [0.29, 0.717) is 50.6 Å². The number of hydrogen-bond donors (Lipinski definition) is 1. The van der Waals surface area contributed by atoms with Crippen LogP contribution in [-0.4, -0.2) is 97.4 Å². The Morgan fingerprint density at radius 1 is 1.02 bits per heavy atom. The number of aliphatic hydroxyl groups excluding tert-OH is 1. The normalized spacial score (nSPS) is 21.2. The summed E-state index contributed by atoms with van der Waals surface area (Å²) in [5, 5.41) is 22.1. The van der Waals surface area contributed by atoms with Gasteiger partial charge >= 0.3 is 6.03 Å². The minimum absolute atomic E-state index is 0.121. The van der Waals surface area contributed by atoms with Crippen molar-refractivity contribution in [3.8, 4) is 0 Å². The highest BCUT2D eigenvalue weighted by Crippen LogP contribution is 2.44. The van der Waals surface area contributed by atoms with Crippen LogP contribution < -0.4 is 0 Å². The Hall–Kier alpha value is -4.09. The van der Waals surface area contributed by atoms with Gasteiger partial charge in [0.25, 0.3) is 5.91 Å². The number of fused-ring (bicyclic) bond motifs is 1. The topological polar surface area (TPSA) is 119 Å². The number of rotatable bonds is 13. The highest BCUT2D eigenvalue weighted by atomic mass is 16.4. The molecule has 2 aliphatic rings. The Kier molecular flexibility index (Phi) is 8.98. The second-order valence-corrected chi connectivity index (χ2v) is 10.5. The van der Waals surface area contributed by atoms with Crippen LogP contribution in [-0.2, 0) is 11.2 Å². The molecule has 3 aromatic rings. The van der Waals surface area contributed by atoms with E-state index in [1.807, 2.05) is 91.5 Å². The zero-order chi connectivity index (χ0) is 29.7. The van der Waals surface area contributed by atoms with Gasteiger partial charge in [0, 0.05) is 26.2 Å². The number of hydrazine groups is 1. The number of urea groups is 1. The Morgan fingerprint density at radius 2 is 1.74 bits per heavy atom. The number of carbonyl (C=O) groups is 2. The summed E-state index contributed by atoms with van der Waals surface area (Å²) in [5.41, 5.74) is 0.767. The standard InChI is InChI=1S/C31H39N7O4/c1-4-18-36-29(40)26-31(5-2,37(30(36)41)19-17-23-13-9-7-10-14-23)33-27(38(26)35(6-3)20-21-39)25(28-34-32-22-42-28)24-15-11-8-12-16-24/h7-16,22,25-26,39H,4-6,17-21H2,1-3H3. The maximum absolute atomic E-state index is 14.4. The summed E-state index contributed by atoms with van der Waals surface area (Å²) in [7, 11) is 0. The fourth-order valence-electron chi connectivity index (χ4n) is 6.16. The maximum atomic E-state index is 14.4. The molecule has 2 aliphatic heterocycles. The van der Waals surface area contributed by atoms with Crippen LogP contribution in [0.25, 0.3) is 0 Å². The van der Waals surface area contributed by atoms with Gasteiger partial charge in [-0.3, -0.25) is 19.6 Å². The second kappa shape index (κ2) is 12.8. The van der Waals surface area contributed by atoms with Crippen molar-refractivity contribution in [3.63, 3.8) is 0 Å². The highest BCUT2D eigenvalue weighted by Gasteiger charge is 2.64. The molecule has 5 rings (SSSR count). The molecule has 0 saturated carbocycles. The molecule has 11 nitrogen and oxygen atoms in total. The van der Waals surface area contributed by atoms with E-state index in [-0.39, 0.29) is 25.1 Å². The van der Waals surface area contributed by atoms with Crippen molar-refractivity contribution in [2.75, 3.05) is 32.8 Å². The molecule has 0 aliphatic carbocycles. The van der Waals surface area contributed by atoms with Crippen LogP contribution in [0.15, 0.2) is 76.5 Å². The Bertz CT molecular complexity index is 1370. The maximum Gasteiger partial charge on any atom is 0.328 e. The molecule has 3 unspecified atom stereocenters. The second-order valence-electron chi connectivity index (χ2n) is 10.5. The van der Waals surface area contributed by atoms with E-state index in [9.17, 15) is 14.7 Å². The molecule has 2 aromatic carbocycles. The number of benzene rings is 2. The molecular weight excluding hydrogens is 534 g/mol. The van der Waals surface area contributed by atoms with Crippen LogP contribution in [0.2, 0.25) is 0 Å². The summed E-state index contributed by atoms with van der Waals surface area (Å²) in [4.78, 5) is 37.1. The third kappa shape index (κ3) is 5.18. The summed E-state index contributed by atoms with van der Waals surface area (Å²) in [6.45, 7) is 7.23. The van der Waals surface area contributed by atoms with Crippen molar-refractivity contribution in [1.29, 1.82) is 0 Å². The SMILES string of the molecule is CCCN1C(=O)C2N(N(CC)CCO)C(C(c3ccccc3)c3nnco3)=NC2(CC)N(CCc2ccccc2)C1=O. The first-order chi connectivity index (χ1) is 20.5. The fourth-order valence-corrected chi connectivity index (χ4v) is 6.16. The van der Waals surface area contributed by atoms with Crippen molar-refractivity contribution in [3.05, 3.63) is 84.1 Å². The van der Waals surface area contributed by atoms with Gasteiger partial charge in [0.15, 0.2) is 11.7 Å². The van der Waals surface area contributed by atoms with E-state index in [1.165, 1.54) is 11.3 Å². The molecule has 0 spiro atoms. The number of carbonyl (C=O) groups excluding carboxylic acids is 2. The molecule has 1 N–H and O–H groups in total. The molecule has 11 heteroatoms. The third-order valence-electron chi connectivity index (χ3n) is 8.13. The molecule has 1 saturated heterocycles. The lowest BCUT2D eigenvalue weighted by molar-refractivity contribution is -0.151. The van der Waals surface area contributed by atoms with E-state index in [0.717, 1.165) is 11.1 Å². The van der Waals surface area contributed by atoms with Crippen molar-refractivity contribution < 1.29 is 19.1 Å². The van der Waals surface area contributed by atoms with Crippen molar-refractivity contribution in [1.82, 2.24) is 30.0 Å². The average molecular weight is 574 g/mol. The van der Waals surface area contributed by atoms with Crippen molar-refractivity contribution in [2.45, 2.75) is 57.7 Å². The van der Waals surface area contributed by atoms with E-state index >= 15 is 0 Å². The van der Waals surface area contributed by atoms with E-state index in [1.54, 1.807) is 4.90 Å². The molecule has 1 aromatic heterocycles. The van der Waals surface area contributed by atoms with Crippen LogP contribution in [0.5, 0.6) is 0 Å². The van der Waals surface area contributed by atoms with Crippen LogP contribution >= 0.6 is 0 Å². The number of aliphatic imine (C=N–C) groups is 1. The number of hydrogen-bond acceptors (Lipinski definition) is 9. The first-order valence-electron chi connectivity index (χ1n) is 14.7. The number of nitrogens with zero attached hydrogens (tertiary/aromatic N) is 7. The summed E-state index contributed by atoms with van der Waals surface area (Å²) in [5.74, 6) is -0.0483. The molecule has 0 radical (unpaired) electrons. The lowest BCUT2D eigenvalue weighted by Crippen LogP contribution is -2.74. The monoisotopic (exact) mass is 573 g/mol. The number of aliphatic hydroxyl groups is 1. The van der Waals surface area contributed by atoms with Crippen LogP contribution in [0.1, 0.15) is 56.5 Å². The zero-order valence-corrected chi connectivity index (χ0v) is 24.5. The van der Waals surface area contributed by atoms with Gasteiger partial charge in [0.05, 0.1) is 6.61 Å². The lowest BCUT2D eigenvalue weighted by atomic mass is 9.91. The van der Waals surface area contributed by atoms with Crippen molar-refractivity contribution >= 4 is 17.8 Å². The first-order valence-corrected chi connectivity index (χ1v) is 14.7. The van der Waals surface area contributed by atoms with Gasteiger partial charge in [-0.25, -0.2) is 14.8 Å². The number of aromatic nitrogens is 2. The Morgan fingerprint density at radius 3 is 2.33 bits per heavy atom. The summed E-state index contributed by atoms with van der Waals surface area (Å²) in [6.07, 6.45) is 2.93. The van der Waals surface area contributed by atoms with Gasteiger partial charge in [-0.05, 0) is 30.4 Å². The molecular formula is C31H39N7O4. The largest absolute Gasteiger partial charge is 0.427 e. The van der Waals surface area contributed by atoms with Gasteiger partial charge in [-0.15, -0.1) is 10.2 Å². The minimum atomic E-state index is -1.18. The van der Waals surface area contributed by atoms with Crippen molar-refractivity contribution in [2.24, 2.45) is 4.99 Å². The molecule has 0 bridgehead atoms. The Labute approximate surface area is 246 Å². The molecule has 3 amide bonds. The summed E-state index contributed by atoms with van der Waals surface area (Å²) >= 11 is 0. The molecule has 222 valence electrons. The number of imide groups is 1. The number of amidine groups is 1. The van der Waals surface area contributed by atoms with Gasteiger partial charge in [0.1, 0.15) is 11.8 Å². The number of amides is 3. The zero-order valence-electron chi connectivity index (χ0n) is 24.5. The van der Waals surface area contributed by atoms with Gasteiger partial charge in [0.2, 0.25) is 12.3 Å². The Balaban J connectivity index is 1.71. The number of likely N-dealkylation sites (N-methyl/N-ethyl adjacent to an activating group) is 1. The smallest absolute Gasteiger partial charge is 0.328 e. The van der Waals surface area contributed by atoms with Crippen LogP contribution in [0, 0.1) is 0 Å². The highest BCUT2D eigenvalue weighted by molar-refractivity contribution is 6.06. The predicted octanol–water partition coefficient (Wildman–Crippen LogP) is 3.54. The van der Waals surface area contributed by atoms with E-state index in [4.69, 9.17) is 9.41 Å². The van der Waals surface area contributed by atoms with Gasteiger partial charge in [-0.2, -0.15) is 0 Å². The molecule has 3 atom stereocenters. The van der Waals surface area contributed by atoms with Gasteiger partial charge < -0.3 is 9.52 Å². The molecule has 1 fully saturated rings. The predicted molar refractivity (Wildman–Crippen MR) is 157 cm³/mol. The van der Waals surface area contributed by atoms with E-state index in [2.05, 4.69) is 10.2 Å². The molecule has 42 heavy (non-hydrogen) atoms. The quantitative estimate of drug-likeness (QED) is 0.330. The first kappa shape index (κ1) is 29.4. The molecule has 3 heterocycles. The van der Waals surface area contributed by atoms with Gasteiger partial charge in [-0.1, -0.05) is 81.4 Å². The van der Waals surface area contributed by atoms with E-state index < -0.39 is 17.6 Å². The minimum Gasteiger partial charge on any atom is -0.427 e. The van der Waals surface area contributed by atoms with Crippen LogP contribution in [0.4, 0.5) is 4.79 Å². The summed E-state index contributed by atoms with van der Waals surface area (Å²) < 4.78 is 5.77. The fraction of sp³-hybridized carbons (Fsp3) is 0.452. The summed E-state index contributed by atoms with van der Waals surface area (Å²) in [6, 6.07) is 18.5.